The summed E-state index contributed by atoms with van der Waals surface area (Å²) in [4.78, 5) is 4.60. The van der Waals surface area contributed by atoms with E-state index in [4.69, 9.17) is 10.5 Å². The van der Waals surface area contributed by atoms with E-state index in [0.29, 0.717) is 11.6 Å². The van der Waals surface area contributed by atoms with Gasteiger partial charge in [-0.05, 0) is 46.0 Å². The summed E-state index contributed by atoms with van der Waals surface area (Å²) in [5, 5.41) is 0. The van der Waals surface area contributed by atoms with Crippen LogP contribution in [0.2, 0.25) is 0 Å². The Kier molecular flexibility index (Phi) is 6.82. The number of benzene rings is 1. The van der Waals surface area contributed by atoms with E-state index in [1.807, 2.05) is 19.9 Å². The summed E-state index contributed by atoms with van der Waals surface area (Å²) in [6.45, 7) is 11.6. The van der Waals surface area contributed by atoms with Crippen molar-refractivity contribution in [3.05, 3.63) is 18.2 Å². The van der Waals surface area contributed by atoms with Crippen LogP contribution in [0, 0.1) is 5.92 Å². The van der Waals surface area contributed by atoms with E-state index < -0.39 is 0 Å². The normalized spacial score (nSPS) is 11.5. The predicted molar refractivity (Wildman–Crippen MR) is 92.2 cm³/mol. The lowest BCUT2D eigenvalue weighted by atomic mass is 10.1. The molecular weight excluding hydrogens is 262 g/mol. The summed E-state index contributed by atoms with van der Waals surface area (Å²) in [7, 11) is 4.20. The van der Waals surface area contributed by atoms with Crippen LogP contribution in [0.5, 0.6) is 5.75 Å². The number of nitrogens with two attached hydrogens (primary N) is 1. The van der Waals surface area contributed by atoms with Crippen LogP contribution in [0.4, 0.5) is 11.4 Å². The van der Waals surface area contributed by atoms with Crippen LogP contribution < -0.4 is 15.4 Å². The quantitative estimate of drug-likeness (QED) is 0.748. The number of likely N-dealkylation sites (N-methyl/N-ethyl adjacent to an activating group) is 1. The first kappa shape index (κ1) is 17.6. The number of hydrogen-bond donors (Lipinski definition) is 1. The van der Waals surface area contributed by atoms with Crippen molar-refractivity contribution in [1.29, 1.82) is 0 Å². The highest BCUT2D eigenvalue weighted by molar-refractivity contribution is 5.62. The third-order valence-electron chi connectivity index (χ3n) is 3.13. The third-order valence-corrected chi connectivity index (χ3v) is 3.13. The molecule has 0 atom stereocenters. The average molecular weight is 293 g/mol. The van der Waals surface area contributed by atoms with Crippen LogP contribution in [0.1, 0.15) is 27.7 Å². The van der Waals surface area contributed by atoms with Crippen molar-refractivity contribution in [3.8, 4) is 5.75 Å². The number of nitrogen functional groups attached to an aromatic ring is 1. The maximum atomic E-state index is 6.01. The van der Waals surface area contributed by atoms with Gasteiger partial charge in [0.1, 0.15) is 5.75 Å². The molecule has 2 N–H and O–H groups in total. The lowest BCUT2D eigenvalue weighted by molar-refractivity contribution is 0.244. The van der Waals surface area contributed by atoms with Crippen LogP contribution in [0.25, 0.3) is 0 Å². The Morgan fingerprint density at radius 3 is 2.29 bits per heavy atom. The van der Waals surface area contributed by atoms with Crippen LogP contribution in [0.3, 0.4) is 0 Å². The van der Waals surface area contributed by atoms with Crippen molar-refractivity contribution < 1.29 is 4.74 Å². The molecule has 1 rings (SSSR count). The van der Waals surface area contributed by atoms with Crippen molar-refractivity contribution in [1.82, 2.24) is 4.90 Å². The molecule has 0 saturated heterocycles. The number of hydrogen-bond acceptors (Lipinski definition) is 4. The van der Waals surface area contributed by atoms with Crippen LogP contribution in [-0.2, 0) is 0 Å². The van der Waals surface area contributed by atoms with Gasteiger partial charge in [-0.25, -0.2) is 0 Å². The molecule has 1 aromatic rings. The van der Waals surface area contributed by atoms with Crippen LogP contribution >= 0.6 is 0 Å². The van der Waals surface area contributed by atoms with E-state index in [1.54, 1.807) is 0 Å². The van der Waals surface area contributed by atoms with Crippen molar-refractivity contribution in [2.24, 2.45) is 5.92 Å². The van der Waals surface area contributed by atoms with E-state index in [1.165, 1.54) is 5.69 Å². The molecule has 0 bridgehead atoms. The Morgan fingerprint density at radius 1 is 1.10 bits per heavy atom. The Labute approximate surface area is 129 Å². The van der Waals surface area contributed by atoms with Gasteiger partial charge in [0, 0.05) is 31.4 Å². The summed E-state index contributed by atoms with van der Waals surface area (Å²) in [6.07, 6.45) is 0.128. The highest BCUT2D eigenvalue weighted by atomic mass is 16.5. The first-order valence-corrected chi connectivity index (χ1v) is 7.75. The molecule has 0 heterocycles. The molecule has 0 spiro atoms. The molecule has 0 saturated carbocycles. The topological polar surface area (TPSA) is 41.7 Å². The summed E-state index contributed by atoms with van der Waals surface area (Å²) in [6, 6.07) is 6.09. The van der Waals surface area contributed by atoms with Crippen molar-refractivity contribution in [3.63, 3.8) is 0 Å². The molecule has 4 heteroatoms. The maximum absolute atomic E-state index is 6.01. The number of anilines is 2. The Morgan fingerprint density at radius 2 is 1.76 bits per heavy atom. The average Bonchev–Trinajstić information content (AvgIpc) is 2.36. The SMILES string of the molecule is CC(C)CN(CCN(C)C)c1ccc(N)c(OC(C)C)c1. The van der Waals surface area contributed by atoms with Crippen LogP contribution in [-0.4, -0.2) is 44.7 Å². The van der Waals surface area contributed by atoms with Gasteiger partial charge in [-0.2, -0.15) is 0 Å². The second-order valence-corrected chi connectivity index (χ2v) is 6.53. The third kappa shape index (κ3) is 6.25. The number of rotatable bonds is 8. The first-order valence-electron chi connectivity index (χ1n) is 7.75. The molecule has 0 aromatic heterocycles. The van der Waals surface area contributed by atoms with E-state index >= 15 is 0 Å². The van der Waals surface area contributed by atoms with Gasteiger partial charge >= 0.3 is 0 Å². The van der Waals surface area contributed by atoms with Crippen molar-refractivity contribution >= 4 is 11.4 Å². The van der Waals surface area contributed by atoms with Gasteiger partial charge < -0.3 is 20.3 Å². The highest BCUT2D eigenvalue weighted by Gasteiger charge is 2.12. The first-order chi connectivity index (χ1) is 9.79. The number of ether oxygens (including phenoxy) is 1. The van der Waals surface area contributed by atoms with Crippen molar-refractivity contribution in [2.45, 2.75) is 33.8 Å². The zero-order valence-corrected chi connectivity index (χ0v) is 14.4. The fourth-order valence-electron chi connectivity index (χ4n) is 2.16. The Balaban J connectivity index is 2.94. The van der Waals surface area contributed by atoms with Gasteiger partial charge in [-0.1, -0.05) is 13.8 Å². The fourth-order valence-corrected chi connectivity index (χ4v) is 2.16. The van der Waals surface area contributed by atoms with E-state index in [2.05, 4.69) is 49.9 Å². The fraction of sp³-hybridized carbons (Fsp3) is 0.647. The highest BCUT2D eigenvalue weighted by Crippen LogP contribution is 2.29. The lowest BCUT2D eigenvalue weighted by Crippen LogP contribution is -2.34. The molecular formula is C17H31N3O. The molecule has 0 amide bonds. The standard InChI is InChI=1S/C17H31N3O/c1-13(2)12-20(10-9-19(5)6)15-7-8-16(18)17(11-15)21-14(3)4/h7-8,11,13-14H,9-10,12,18H2,1-6H3. The molecule has 1 aromatic carbocycles. The summed E-state index contributed by atoms with van der Waals surface area (Å²) in [5.41, 5.74) is 7.88. The zero-order valence-electron chi connectivity index (χ0n) is 14.4. The van der Waals surface area contributed by atoms with Gasteiger partial charge in [0.2, 0.25) is 0 Å². The van der Waals surface area contributed by atoms with Gasteiger partial charge in [-0.3, -0.25) is 0 Å². The van der Waals surface area contributed by atoms with Gasteiger partial charge in [0.25, 0.3) is 0 Å². The van der Waals surface area contributed by atoms with E-state index in [9.17, 15) is 0 Å². The zero-order chi connectivity index (χ0) is 16.0. The molecule has 0 aliphatic rings. The maximum Gasteiger partial charge on any atom is 0.144 e. The lowest BCUT2D eigenvalue weighted by Gasteiger charge is -2.29. The molecule has 120 valence electrons. The Hall–Kier alpha value is -1.42. The second-order valence-electron chi connectivity index (χ2n) is 6.53. The summed E-state index contributed by atoms with van der Waals surface area (Å²) >= 11 is 0. The summed E-state index contributed by atoms with van der Waals surface area (Å²) in [5.74, 6) is 1.39. The summed E-state index contributed by atoms with van der Waals surface area (Å²) < 4.78 is 5.80. The van der Waals surface area contributed by atoms with Gasteiger partial charge in [0.15, 0.2) is 0 Å². The Bertz CT molecular complexity index is 430. The minimum atomic E-state index is 0.128. The van der Waals surface area contributed by atoms with Crippen molar-refractivity contribution in [2.75, 3.05) is 44.4 Å². The molecule has 0 aliphatic heterocycles. The minimum Gasteiger partial charge on any atom is -0.489 e. The van der Waals surface area contributed by atoms with Gasteiger partial charge in [-0.15, -0.1) is 0 Å². The molecule has 0 aliphatic carbocycles. The predicted octanol–water partition coefficient (Wildman–Crippen LogP) is 3.08. The molecule has 4 nitrogen and oxygen atoms in total. The monoisotopic (exact) mass is 293 g/mol. The van der Waals surface area contributed by atoms with E-state index in [-0.39, 0.29) is 6.10 Å². The second kappa shape index (κ2) is 8.13. The molecule has 0 radical (unpaired) electrons. The molecule has 0 unspecified atom stereocenters. The van der Waals surface area contributed by atoms with Gasteiger partial charge in [0.05, 0.1) is 11.8 Å². The van der Waals surface area contributed by atoms with Crippen LogP contribution in [0.15, 0.2) is 18.2 Å². The largest absolute Gasteiger partial charge is 0.489 e. The minimum absolute atomic E-state index is 0.128. The smallest absolute Gasteiger partial charge is 0.144 e. The number of nitrogens with zero attached hydrogens (tertiary/aromatic N) is 2. The van der Waals surface area contributed by atoms with E-state index in [0.717, 1.165) is 25.4 Å². The molecule has 21 heavy (non-hydrogen) atoms. The molecule has 0 fully saturated rings.